The second-order valence-corrected chi connectivity index (χ2v) is 7.15. The minimum atomic E-state index is -1.09. The lowest BCUT2D eigenvalue weighted by atomic mass is 9.85. The molecule has 1 saturated carbocycles. The summed E-state index contributed by atoms with van der Waals surface area (Å²) < 4.78 is 10.5. The lowest BCUT2D eigenvalue weighted by Gasteiger charge is -2.31. The Bertz CT molecular complexity index is 662. The second-order valence-electron chi connectivity index (χ2n) is 7.15. The summed E-state index contributed by atoms with van der Waals surface area (Å²) in [6, 6.07) is 9.36. The van der Waals surface area contributed by atoms with Gasteiger partial charge in [-0.05, 0) is 45.1 Å². The van der Waals surface area contributed by atoms with E-state index >= 15 is 0 Å². The van der Waals surface area contributed by atoms with E-state index < -0.39 is 11.7 Å². The molecule has 1 aliphatic carbocycles. The first kappa shape index (κ1) is 17.5. The summed E-state index contributed by atoms with van der Waals surface area (Å²) in [5.41, 5.74) is -0.139. The first-order valence-corrected chi connectivity index (χ1v) is 8.65. The van der Waals surface area contributed by atoms with E-state index in [0.29, 0.717) is 25.7 Å². The van der Waals surface area contributed by atoms with Crippen LogP contribution in [0.3, 0.4) is 0 Å². The van der Waals surface area contributed by atoms with E-state index in [4.69, 9.17) is 9.47 Å². The maximum atomic E-state index is 12.3. The van der Waals surface area contributed by atoms with Gasteiger partial charge in [0.25, 0.3) is 5.91 Å². The number of ether oxygens (including phenoxy) is 2. The molecule has 0 atom stereocenters. The molecule has 2 fully saturated rings. The van der Waals surface area contributed by atoms with E-state index in [0.717, 1.165) is 5.56 Å². The van der Waals surface area contributed by atoms with Gasteiger partial charge < -0.3 is 9.47 Å². The maximum Gasteiger partial charge on any atom is 0.417 e. The van der Waals surface area contributed by atoms with Crippen molar-refractivity contribution in [1.29, 1.82) is 0 Å². The van der Waals surface area contributed by atoms with E-state index in [1.165, 1.54) is 4.90 Å². The Labute approximate surface area is 147 Å². The van der Waals surface area contributed by atoms with Gasteiger partial charge in [-0.15, -0.1) is 0 Å². The summed E-state index contributed by atoms with van der Waals surface area (Å²) in [6.45, 7) is 3.46. The van der Waals surface area contributed by atoms with Crippen molar-refractivity contribution >= 4 is 18.0 Å². The predicted molar refractivity (Wildman–Crippen MR) is 89.4 cm³/mol. The van der Waals surface area contributed by atoms with Crippen LogP contribution in [-0.2, 0) is 25.7 Å². The Morgan fingerprint density at radius 2 is 1.80 bits per heavy atom. The molecule has 1 saturated heterocycles. The van der Waals surface area contributed by atoms with E-state index in [1.807, 2.05) is 30.3 Å². The van der Waals surface area contributed by atoms with Crippen molar-refractivity contribution < 1.29 is 23.9 Å². The fourth-order valence-electron chi connectivity index (χ4n) is 3.42. The molecule has 0 unspecified atom stereocenters. The fourth-order valence-corrected chi connectivity index (χ4v) is 3.42. The molecule has 2 aliphatic rings. The number of benzene rings is 1. The number of rotatable bonds is 4. The number of esters is 1. The zero-order chi connectivity index (χ0) is 18.0. The van der Waals surface area contributed by atoms with Gasteiger partial charge in [-0.1, -0.05) is 30.3 Å². The van der Waals surface area contributed by atoms with Crippen LogP contribution in [0.1, 0.15) is 45.1 Å². The Kier molecular flexibility index (Phi) is 4.79. The first-order chi connectivity index (χ1) is 11.9. The molecule has 1 aromatic carbocycles. The molecule has 2 amide bonds. The zero-order valence-electron chi connectivity index (χ0n) is 14.6. The molecule has 0 radical (unpaired) electrons. The average Bonchev–Trinajstić information content (AvgIpc) is 2.81. The molecule has 6 nitrogen and oxygen atoms in total. The lowest BCUT2D eigenvalue weighted by Crippen LogP contribution is -2.45. The number of carbonyl (C=O) groups excluding carboxylic acids is 3. The van der Waals surface area contributed by atoms with Gasteiger partial charge in [0.15, 0.2) is 5.60 Å². The van der Waals surface area contributed by atoms with Crippen molar-refractivity contribution in [1.82, 2.24) is 4.90 Å². The van der Waals surface area contributed by atoms with Crippen LogP contribution in [0.5, 0.6) is 0 Å². The number of cyclic esters (lactones) is 1. The second kappa shape index (κ2) is 6.86. The maximum absolute atomic E-state index is 12.3. The summed E-state index contributed by atoms with van der Waals surface area (Å²) >= 11 is 0. The smallest absolute Gasteiger partial charge is 0.417 e. The minimum Gasteiger partial charge on any atom is -0.461 e. The highest BCUT2D eigenvalue weighted by molar-refractivity contribution is 6.02. The third kappa shape index (κ3) is 3.67. The third-order valence-corrected chi connectivity index (χ3v) is 4.89. The predicted octanol–water partition coefficient (Wildman–Crippen LogP) is 3.05. The number of hydrogen-bond acceptors (Lipinski definition) is 5. The number of amides is 2. The monoisotopic (exact) mass is 345 g/mol. The normalized spacial score (nSPS) is 25.6. The van der Waals surface area contributed by atoms with Crippen LogP contribution >= 0.6 is 0 Å². The molecule has 25 heavy (non-hydrogen) atoms. The molecule has 3 rings (SSSR count). The molecule has 0 bridgehead atoms. The minimum absolute atomic E-state index is 0.179. The molecular formula is C19H23NO5. The Hall–Kier alpha value is -2.37. The van der Waals surface area contributed by atoms with E-state index in [-0.39, 0.29) is 30.4 Å². The Balaban J connectivity index is 1.51. The van der Waals surface area contributed by atoms with Crippen molar-refractivity contribution in [2.24, 2.45) is 5.92 Å². The van der Waals surface area contributed by atoms with E-state index in [9.17, 15) is 14.4 Å². The molecule has 0 aromatic heterocycles. The third-order valence-electron chi connectivity index (χ3n) is 4.89. The molecule has 1 aromatic rings. The first-order valence-electron chi connectivity index (χ1n) is 8.65. The molecule has 134 valence electrons. The van der Waals surface area contributed by atoms with Gasteiger partial charge in [-0.3, -0.25) is 9.59 Å². The average molecular weight is 345 g/mol. The number of imide groups is 1. The quantitative estimate of drug-likeness (QED) is 0.784. The van der Waals surface area contributed by atoms with Gasteiger partial charge in [0.1, 0.15) is 6.61 Å². The van der Waals surface area contributed by atoms with Gasteiger partial charge >= 0.3 is 12.1 Å². The van der Waals surface area contributed by atoms with Crippen molar-refractivity contribution in [3.63, 3.8) is 0 Å². The summed E-state index contributed by atoms with van der Waals surface area (Å²) in [6.07, 6.45) is 1.83. The Morgan fingerprint density at radius 1 is 1.16 bits per heavy atom. The molecule has 0 N–H and O–H groups in total. The van der Waals surface area contributed by atoms with Crippen LogP contribution in [0.25, 0.3) is 0 Å². The van der Waals surface area contributed by atoms with Crippen molar-refractivity contribution in [2.45, 2.75) is 57.8 Å². The van der Waals surface area contributed by atoms with E-state index in [2.05, 4.69) is 0 Å². The van der Waals surface area contributed by atoms with Crippen LogP contribution in [0.2, 0.25) is 0 Å². The van der Waals surface area contributed by atoms with Crippen LogP contribution in [0.4, 0.5) is 4.79 Å². The SMILES string of the molecule is CC1(C)OC(=O)N([C@H]2CC[C@H](C(=O)OCc3ccccc3)CC2)C1=O. The number of hydrogen-bond donors (Lipinski definition) is 0. The molecule has 1 heterocycles. The lowest BCUT2D eigenvalue weighted by molar-refractivity contribution is -0.151. The highest BCUT2D eigenvalue weighted by atomic mass is 16.6. The largest absolute Gasteiger partial charge is 0.461 e. The highest BCUT2D eigenvalue weighted by Gasteiger charge is 2.50. The number of carbonyl (C=O) groups is 3. The molecule has 6 heteroatoms. The molecular weight excluding hydrogens is 322 g/mol. The number of nitrogens with zero attached hydrogens (tertiary/aromatic N) is 1. The van der Waals surface area contributed by atoms with Crippen LogP contribution in [-0.4, -0.2) is 34.5 Å². The van der Waals surface area contributed by atoms with Crippen LogP contribution < -0.4 is 0 Å². The summed E-state index contributed by atoms with van der Waals surface area (Å²) in [5.74, 6) is -0.688. The zero-order valence-corrected chi connectivity index (χ0v) is 14.6. The van der Waals surface area contributed by atoms with Gasteiger partial charge in [0.05, 0.1) is 5.92 Å². The molecule has 0 spiro atoms. The fraction of sp³-hybridized carbons (Fsp3) is 0.526. The summed E-state index contributed by atoms with van der Waals surface area (Å²) in [4.78, 5) is 37.7. The highest BCUT2D eigenvalue weighted by Crippen LogP contribution is 2.34. The topological polar surface area (TPSA) is 72.9 Å². The van der Waals surface area contributed by atoms with Crippen LogP contribution in [0, 0.1) is 5.92 Å². The van der Waals surface area contributed by atoms with Crippen molar-refractivity contribution in [3.8, 4) is 0 Å². The van der Waals surface area contributed by atoms with E-state index in [1.54, 1.807) is 13.8 Å². The van der Waals surface area contributed by atoms with Gasteiger partial charge in [0, 0.05) is 6.04 Å². The van der Waals surface area contributed by atoms with Crippen molar-refractivity contribution in [3.05, 3.63) is 35.9 Å². The van der Waals surface area contributed by atoms with Crippen molar-refractivity contribution in [2.75, 3.05) is 0 Å². The van der Waals surface area contributed by atoms with Crippen LogP contribution in [0.15, 0.2) is 30.3 Å². The summed E-state index contributed by atoms with van der Waals surface area (Å²) in [5, 5.41) is 0. The Morgan fingerprint density at radius 3 is 2.36 bits per heavy atom. The standard InChI is InChI=1S/C19H23NO5/c1-19(2)17(22)20(18(23)25-19)15-10-8-14(9-11-15)16(21)24-12-13-6-4-3-5-7-13/h3-7,14-15H,8-12H2,1-2H3/t14-,15-. The van der Waals surface area contributed by atoms with Gasteiger partial charge in [-0.25, -0.2) is 9.69 Å². The molecule has 1 aliphatic heterocycles. The summed E-state index contributed by atoms with van der Waals surface area (Å²) in [7, 11) is 0. The van der Waals surface area contributed by atoms with Gasteiger partial charge in [0.2, 0.25) is 0 Å². The van der Waals surface area contributed by atoms with Gasteiger partial charge in [-0.2, -0.15) is 0 Å².